The van der Waals surface area contributed by atoms with Gasteiger partial charge in [-0.3, -0.25) is 4.79 Å². The molecule has 118 valence electrons. The molecular formula is C16H17N5OS. The van der Waals surface area contributed by atoms with Crippen LogP contribution < -0.4 is 11.1 Å². The van der Waals surface area contributed by atoms with Crippen molar-refractivity contribution in [3.8, 4) is 11.3 Å². The van der Waals surface area contributed by atoms with Crippen molar-refractivity contribution in [3.05, 3.63) is 46.9 Å². The van der Waals surface area contributed by atoms with Crippen molar-refractivity contribution >= 4 is 28.1 Å². The van der Waals surface area contributed by atoms with Gasteiger partial charge in [0.25, 0.3) is 5.91 Å². The van der Waals surface area contributed by atoms with Gasteiger partial charge in [-0.05, 0) is 31.5 Å². The highest BCUT2D eigenvalue weighted by atomic mass is 32.1. The van der Waals surface area contributed by atoms with Gasteiger partial charge in [0.1, 0.15) is 5.69 Å². The van der Waals surface area contributed by atoms with Crippen molar-refractivity contribution in [1.29, 1.82) is 0 Å². The van der Waals surface area contributed by atoms with Crippen molar-refractivity contribution in [2.24, 2.45) is 7.05 Å². The number of nitrogens with one attached hydrogen (secondary N) is 1. The molecule has 3 rings (SSSR count). The van der Waals surface area contributed by atoms with Gasteiger partial charge in [0, 0.05) is 23.2 Å². The number of imidazole rings is 1. The summed E-state index contributed by atoms with van der Waals surface area (Å²) in [7, 11) is 1.79. The van der Waals surface area contributed by atoms with E-state index in [1.165, 1.54) is 11.3 Å². The zero-order chi connectivity index (χ0) is 16.6. The van der Waals surface area contributed by atoms with Crippen LogP contribution in [0.3, 0.4) is 0 Å². The van der Waals surface area contributed by atoms with E-state index in [-0.39, 0.29) is 5.91 Å². The van der Waals surface area contributed by atoms with Gasteiger partial charge in [-0.15, -0.1) is 11.3 Å². The number of thiazole rings is 1. The molecule has 0 atom stereocenters. The number of benzene rings is 1. The summed E-state index contributed by atoms with van der Waals surface area (Å²) in [5, 5.41) is 3.47. The summed E-state index contributed by atoms with van der Waals surface area (Å²) in [6.07, 6.45) is 3.14. The first-order chi connectivity index (χ1) is 11.0. The normalized spacial score (nSPS) is 10.7. The quantitative estimate of drug-likeness (QED) is 0.774. The summed E-state index contributed by atoms with van der Waals surface area (Å²) < 4.78 is 1.68. The minimum atomic E-state index is -0.185. The van der Waals surface area contributed by atoms with E-state index in [9.17, 15) is 4.79 Å². The van der Waals surface area contributed by atoms with Gasteiger partial charge in [0.2, 0.25) is 0 Å². The number of anilines is 2. The molecule has 0 saturated carbocycles. The average molecular weight is 327 g/mol. The van der Waals surface area contributed by atoms with Crippen molar-refractivity contribution < 1.29 is 4.79 Å². The number of aromatic nitrogens is 3. The third-order valence-electron chi connectivity index (χ3n) is 3.61. The summed E-state index contributed by atoms with van der Waals surface area (Å²) >= 11 is 1.47. The Morgan fingerprint density at radius 3 is 2.70 bits per heavy atom. The minimum Gasteiger partial charge on any atom is -0.375 e. The zero-order valence-electron chi connectivity index (χ0n) is 13.1. The summed E-state index contributed by atoms with van der Waals surface area (Å²) in [5.74, 6) is -0.185. The Bertz CT molecular complexity index is 880. The smallest absolute Gasteiger partial charge is 0.273 e. The van der Waals surface area contributed by atoms with Crippen LogP contribution in [0, 0.1) is 13.8 Å². The molecule has 0 fully saturated rings. The van der Waals surface area contributed by atoms with Crippen LogP contribution in [-0.4, -0.2) is 20.4 Å². The largest absolute Gasteiger partial charge is 0.375 e. The molecule has 23 heavy (non-hydrogen) atoms. The SMILES string of the molecule is Cc1cc(-c2nc(N)sc2C)ccc1NC(=O)c1cncn1C. The molecule has 2 aromatic heterocycles. The molecule has 7 heteroatoms. The van der Waals surface area contributed by atoms with Gasteiger partial charge in [0.05, 0.1) is 18.2 Å². The molecule has 0 aliphatic carbocycles. The van der Waals surface area contributed by atoms with Crippen molar-refractivity contribution in [2.75, 3.05) is 11.1 Å². The summed E-state index contributed by atoms with van der Waals surface area (Å²) in [5.41, 5.74) is 9.88. The standard InChI is InChI=1S/C16H17N5OS/c1-9-6-11(14-10(2)23-16(17)20-14)4-5-12(9)19-15(22)13-7-18-8-21(13)3/h4-8H,1-3H3,(H2,17,20)(H,19,22). The van der Waals surface area contributed by atoms with Crippen LogP contribution in [0.25, 0.3) is 11.3 Å². The van der Waals surface area contributed by atoms with E-state index in [1.807, 2.05) is 32.0 Å². The van der Waals surface area contributed by atoms with Crippen LogP contribution in [0.2, 0.25) is 0 Å². The minimum absolute atomic E-state index is 0.185. The first kappa shape index (κ1) is 15.2. The first-order valence-electron chi connectivity index (χ1n) is 7.07. The second-order valence-electron chi connectivity index (χ2n) is 5.33. The maximum Gasteiger partial charge on any atom is 0.273 e. The van der Waals surface area contributed by atoms with Crippen LogP contribution in [0.4, 0.5) is 10.8 Å². The topological polar surface area (TPSA) is 85.8 Å². The third kappa shape index (κ3) is 2.95. The second kappa shape index (κ2) is 5.85. The monoisotopic (exact) mass is 327 g/mol. The molecule has 0 unspecified atom stereocenters. The van der Waals surface area contributed by atoms with Crippen molar-refractivity contribution in [3.63, 3.8) is 0 Å². The molecule has 1 aromatic carbocycles. The number of carbonyl (C=O) groups is 1. The van der Waals surface area contributed by atoms with Crippen LogP contribution in [0.1, 0.15) is 20.9 Å². The molecule has 0 spiro atoms. The fraction of sp³-hybridized carbons (Fsp3) is 0.188. The number of nitrogens with zero attached hydrogens (tertiary/aromatic N) is 3. The molecule has 3 N–H and O–H groups in total. The molecule has 0 radical (unpaired) electrons. The molecule has 0 aliphatic rings. The molecule has 6 nitrogen and oxygen atoms in total. The van der Waals surface area contributed by atoms with Crippen LogP contribution in [-0.2, 0) is 7.05 Å². The number of amides is 1. The third-order valence-corrected chi connectivity index (χ3v) is 4.41. The Labute approximate surface area is 138 Å². The van der Waals surface area contributed by atoms with E-state index in [2.05, 4.69) is 15.3 Å². The van der Waals surface area contributed by atoms with Gasteiger partial charge in [-0.2, -0.15) is 0 Å². The lowest BCUT2D eigenvalue weighted by Crippen LogP contribution is -2.16. The molecule has 1 amide bonds. The van der Waals surface area contributed by atoms with E-state index in [0.717, 1.165) is 27.4 Å². The van der Waals surface area contributed by atoms with E-state index in [4.69, 9.17) is 5.73 Å². The average Bonchev–Trinajstić information content (AvgIpc) is 3.06. The Hall–Kier alpha value is -2.67. The van der Waals surface area contributed by atoms with E-state index >= 15 is 0 Å². The number of aryl methyl sites for hydroxylation is 3. The fourth-order valence-corrected chi connectivity index (χ4v) is 3.11. The Morgan fingerprint density at radius 2 is 2.13 bits per heavy atom. The number of nitrogens with two attached hydrogens (primary N) is 1. The van der Waals surface area contributed by atoms with Crippen LogP contribution in [0.15, 0.2) is 30.7 Å². The Kier molecular flexibility index (Phi) is 3.87. The van der Waals surface area contributed by atoms with Crippen molar-refractivity contribution in [2.45, 2.75) is 13.8 Å². The Morgan fingerprint density at radius 1 is 1.35 bits per heavy atom. The molecule has 2 heterocycles. The molecule has 3 aromatic rings. The highest BCUT2D eigenvalue weighted by Crippen LogP contribution is 2.31. The van der Waals surface area contributed by atoms with Crippen LogP contribution >= 0.6 is 11.3 Å². The zero-order valence-corrected chi connectivity index (χ0v) is 13.9. The molecule has 0 saturated heterocycles. The lowest BCUT2D eigenvalue weighted by molar-refractivity contribution is 0.101. The van der Waals surface area contributed by atoms with Gasteiger partial charge in [0.15, 0.2) is 5.13 Å². The first-order valence-corrected chi connectivity index (χ1v) is 7.89. The van der Waals surface area contributed by atoms with Crippen LogP contribution in [0.5, 0.6) is 0 Å². The van der Waals surface area contributed by atoms with E-state index in [0.29, 0.717) is 10.8 Å². The number of hydrogen-bond acceptors (Lipinski definition) is 5. The summed E-state index contributed by atoms with van der Waals surface area (Å²) in [4.78, 5) is 21.7. The predicted molar refractivity (Wildman–Crippen MR) is 92.6 cm³/mol. The molecule has 0 bridgehead atoms. The van der Waals surface area contributed by atoms with E-state index < -0.39 is 0 Å². The second-order valence-corrected chi connectivity index (χ2v) is 6.57. The number of hydrogen-bond donors (Lipinski definition) is 2. The fourth-order valence-electron chi connectivity index (χ4n) is 2.40. The number of nitrogen functional groups attached to an aromatic ring is 1. The summed E-state index contributed by atoms with van der Waals surface area (Å²) in [6, 6.07) is 5.82. The maximum atomic E-state index is 12.3. The predicted octanol–water partition coefficient (Wildman–Crippen LogP) is 2.99. The van der Waals surface area contributed by atoms with Crippen molar-refractivity contribution in [1.82, 2.24) is 14.5 Å². The van der Waals surface area contributed by atoms with Gasteiger partial charge in [-0.1, -0.05) is 6.07 Å². The van der Waals surface area contributed by atoms with Gasteiger partial charge in [-0.25, -0.2) is 9.97 Å². The number of carbonyl (C=O) groups excluding carboxylic acids is 1. The molecular weight excluding hydrogens is 310 g/mol. The van der Waals surface area contributed by atoms with E-state index in [1.54, 1.807) is 24.1 Å². The lowest BCUT2D eigenvalue weighted by Gasteiger charge is -2.10. The lowest BCUT2D eigenvalue weighted by atomic mass is 10.1. The maximum absolute atomic E-state index is 12.3. The Balaban J connectivity index is 1.87. The molecule has 0 aliphatic heterocycles. The summed E-state index contributed by atoms with van der Waals surface area (Å²) in [6.45, 7) is 3.95. The van der Waals surface area contributed by atoms with Gasteiger partial charge >= 0.3 is 0 Å². The highest BCUT2D eigenvalue weighted by Gasteiger charge is 2.13. The number of rotatable bonds is 3. The van der Waals surface area contributed by atoms with Gasteiger partial charge < -0.3 is 15.6 Å². The highest BCUT2D eigenvalue weighted by molar-refractivity contribution is 7.15.